The topological polar surface area (TPSA) is 52.7 Å². The summed E-state index contributed by atoms with van der Waals surface area (Å²) in [6.45, 7) is 5.36. The van der Waals surface area contributed by atoms with Crippen LogP contribution in [0.5, 0.6) is 0 Å². The monoisotopic (exact) mass is 393 g/mol. The van der Waals surface area contributed by atoms with Crippen LogP contribution in [-0.2, 0) is 22.4 Å². The summed E-state index contributed by atoms with van der Waals surface area (Å²) in [4.78, 5) is 28.8. The standard InChI is InChI=1S/C24H31N3O2/c1-2-20-11-13-22(14-12-20)25-23(28)19-26-15-17-27(18-16-26)24(29)10-6-9-21-7-4-3-5-8-21/h3-5,7-8,11-14H,2,6,9-10,15-19H2,1H3,(H,25,28). The minimum atomic E-state index is -0.00288. The summed E-state index contributed by atoms with van der Waals surface area (Å²) < 4.78 is 0. The SMILES string of the molecule is CCc1ccc(NC(=O)CN2CCN(C(=O)CCCc3ccccc3)CC2)cc1. The number of carbonyl (C=O) groups excluding carboxylic acids is 2. The van der Waals surface area contributed by atoms with Crippen molar-refractivity contribution in [1.29, 1.82) is 0 Å². The Hall–Kier alpha value is -2.66. The predicted molar refractivity (Wildman–Crippen MR) is 117 cm³/mol. The lowest BCUT2D eigenvalue weighted by atomic mass is 10.1. The third-order valence-corrected chi connectivity index (χ3v) is 5.44. The molecule has 0 saturated carbocycles. The van der Waals surface area contributed by atoms with E-state index in [1.54, 1.807) is 0 Å². The van der Waals surface area contributed by atoms with Gasteiger partial charge in [0.2, 0.25) is 11.8 Å². The van der Waals surface area contributed by atoms with Gasteiger partial charge in [0.15, 0.2) is 0 Å². The number of rotatable bonds is 8. The molecule has 0 spiro atoms. The molecule has 5 heteroatoms. The Morgan fingerprint density at radius 1 is 0.897 bits per heavy atom. The van der Waals surface area contributed by atoms with Crippen LogP contribution in [0.15, 0.2) is 54.6 Å². The minimum absolute atomic E-state index is 0.00288. The first-order chi connectivity index (χ1) is 14.1. The van der Waals surface area contributed by atoms with E-state index in [2.05, 4.69) is 29.3 Å². The van der Waals surface area contributed by atoms with Gasteiger partial charge < -0.3 is 10.2 Å². The molecule has 0 aromatic heterocycles. The van der Waals surface area contributed by atoms with Crippen LogP contribution in [0.1, 0.15) is 30.9 Å². The number of anilines is 1. The average Bonchev–Trinajstić information content (AvgIpc) is 2.75. The van der Waals surface area contributed by atoms with E-state index in [9.17, 15) is 9.59 Å². The number of aryl methyl sites for hydroxylation is 2. The zero-order valence-electron chi connectivity index (χ0n) is 17.3. The number of carbonyl (C=O) groups is 2. The van der Waals surface area contributed by atoms with Gasteiger partial charge in [-0.2, -0.15) is 0 Å². The fourth-order valence-electron chi connectivity index (χ4n) is 3.63. The van der Waals surface area contributed by atoms with Gasteiger partial charge in [0.05, 0.1) is 6.54 Å². The van der Waals surface area contributed by atoms with Crippen molar-refractivity contribution in [2.75, 3.05) is 38.0 Å². The number of benzene rings is 2. The van der Waals surface area contributed by atoms with E-state index in [1.165, 1.54) is 11.1 Å². The van der Waals surface area contributed by atoms with E-state index in [0.29, 0.717) is 26.1 Å². The van der Waals surface area contributed by atoms with Gasteiger partial charge in [-0.1, -0.05) is 49.4 Å². The largest absolute Gasteiger partial charge is 0.340 e. The van der Waals surface area contributed by atoms with Gasteiger partial charge in [-0.3, -0.25) is 14.5 Å². The number of nitrogens with zero attached hydrogens (tertiary/aromatic N) is 2. The average molecular weight is 394 g/mol. The summed E-state index contributed by atoms with van der Waals surface area (Å²) in [5.74, 6) is 0.220. The molecule has 1 aliphatic rings. The van der Waals surface area contributed by atoms with E-state index < -0.39 is 0 Å². The van der Waals surface area contributed by atoms with Crippen molar-refractivity contribution < 1.29 is 9.59 Å². The molecule has 2 aromatic rings. The van der Waals surface area contributed by atoms with E-state index >= 15 is 0 Å². The lowest BCUT2D eigenvalue weighted by Gasteiger charge is -2.34. The molecule has 2 aromatic carbocycles. The van der Waals surface area contributed by atoms with Gasteiger partial charge >= 0.3 is 0 Å². The van der Waals surface area contributed by atoms with Crippen LogP contribution >= 0.6 is 0 Å². The first-order valence-electron chi connectivity index (χ1n) is 10.6. The molecule has 0 atom stereocenters. The molecule has 2 amide bonds. The fourth-order valence-corrected chi connectivity index (χ4v) is 3.63. The van der Waals surface area contributed by atoms with Crippen LogP contribution in [0.3, 0.4) is 0 Å². The summed E-state index contributed by atoms with van der Waals surface area (Å²) in [6.07, 6.45) is 3.39. The van der Waals surface area contributed by atoms with Crippen LogP contribution in [0.2, 0.25) is 0 Å². The smallest absolute Gasteiger partial charge is 0.238 e. The lowest BCUT2D eigenvalue weighted by Crippen LogP contribution is -2.50. The highest BCUT2D eigenvalue weighted by molar-refractivity contribution is 5.92. The third-order valence-electron chi connectivity index (χ3n) is 5.44. The Kier molecular flexibility index (Phi) is 7.82. The Morgan fingerprint density at radius 2 is 1.59 bits per heavy atom. The first-order valence-corrected chi connectivity index (χ1v) is 10.6. The van der Waals surface area contributed by atoms with E-state index in [-0.39, 0.29) is 11.8 Å². The molecule has 5 nitrogen and oxygen atoms in total. The molecular weight excluding hydrogens is 362 g/mol. The van der Waals surface area contributed by atoms with Crippen LogP contribution in [0.25, 0.3) is 0 Å². The molecule has 0 aliphatic carbocycles. The normalized spacial score (nSPS) is 14.6. The van der Waals surface area contributed by atoms with Crippen molar-refractivity contribution in [3.8, 4) is 0 Å². The van der Waals surface area contributed by atoms with Gasteiger partial charge in [0.25, 0.3) is 0 Å². The van der Waals surface area contributed by atoms with E-state index in [4.69, 9.17) is 0 Å². The molecular formula is C24H31N3O2. The van der Waals surface area contributed by atoms with Gasteiger partial charge in [-0.25, -0.2) is 0 Å². The highest BCUT2D eigenvalue weighted by atomic mass is 16.2. The highest BCUT2D eigenvalue weighted by Gasteiger charge is 2.22. The maximum atomic E-state index is 12.4. The van der Waals surface area contributed by atoms with Crippen LogP contribution in [-0.4, -0.2) is 54.3 Å². The van der Waals surface area contributed by atoms with Crippen molar-refractivity contribution in [3.05, 3.63) is 65.7 Å². The molecule has 1 N–H and O–H groups in total. The summed E-state index contributed by atoms with van der Waals surface area (Å²) in [5, 5.41) is 2.96. The first kappa shape index (κ1) is 21.1. The molecule has 1 heterocycles. The Bertz CT molecular complexity index is 782. The second-order valence-electron chi connectivity index (χ2n) is 7.59. The Morgan fingerprint density at radius 3 is 2.24 bits per heavy atom. The number of hydrogen-bond acceptors (Lipinski definition) is 3. The summed E-state index contributed by atoms with van der Waals surface area (Å²) >= 11 is 0. The molecule has 29 heavy (non-hydrogen) atoms. The number of nitrogens with one attached hydrogen (secondary N) is 1. The van der Waals surface area contributed by atoms with Gasteiger partial charge in [-0.05, 0) is 42.5 Å². The van der Waals surface area contributed by atoms with Crippen molar-refractivity contribution in [1.82, 2.24) is 9.80 Å². The second-order valence-corrected chi connectivity index (χ2v) is 7.59. The van der Waals surface area contributed by atoms with Gasteiger partial charge in [0.1, 0.15) is 0 Å². The summed E-state index contributed by atoms with van der Waals surface area (Å²) in [7, 11) is 0. The predicted octanol–water partition coefficient (Wildman–Crippen LogP) is 3.35. The lowest BCUT2D eigenvalue weighted by molar-refractivity contribution is -0.133. The zero-order chi connectivity index (χ0) is 20.5. The summed E-state index contributed by atoms with van der Waals surface area (Å²) in [6, 6.07) is 18.3. The van der Waals surface area contributed by atoms with Crippen molar-refractivity contribution in [2.24, 2.45) is 0 Å². The zero-order valence-corrected chi connectivity index (χ0v) is 17.3. The van der Waals surface area contributed by atoms with Gasteiger partial charge in [-0.15, -0.1) is 0 Å². The molecule has 0 radical (unpaired) electrons. The Balaban J connectivity index is 1.34. The summed E-state index contributed by atoms with van der Waals surface area (Å²) in [5.41, 5.74) is 3.37. The molecule has 0 unspecified atom stereocenters. The molecule has 1 aliphatic heterocycles. The number of piperazine rings is 1. The number of amides is 2. The molecule has 3 rings (SSSR count). The minimum Gasteiger partial charge on any atom is -0.340 e. The molecule has 0 bridgehead atoms. The van der Waals surface area contributed by atoms with E-state index in [1.807, 2.05) is 47.4 Å². The molecule has 1 fully saturated rings. The Labute approximate surface area is 173 Å². The highest BCUT2D eigenvalue weighted by Crippen LogP contribution is 2.11. The second kappa shape index (κ2) is 10.8. The maximum Gasteiger partial charge on any atom is 0.238 e. The molecule has 154 valence electrons. The van der Waals surface area contributed by atoms with E-state index in [0.717, 1.165) is 38.0 Å². The van der Waals surface area contributed by atoms with Crippen molar-refractivity contribution >= 4 is 17.5 Å². The van der Waals surface area contributed by atoms with Crippen LogP contribution in [0.4, 0.5) is 5.69 Å². The van der Waals surface area contributed by atoms with Crippen molar-refractivity contribution in [2.45, 2.75) is 32.6 Å². The van der Waals surface area contributed by atoms with Crippen LogP contribution in [0, 0.1) is 0 Å². The van der Waals surface area contributed by atoms with Gasteiger partial charge in [0, 0.05) is 38.3 Å². The van der Waals surface area contributed by atoms with Crippen LogP contribution < -0.4 is 5.32 Å². The third kappa shape index (κ3) is 6.71. The van der Waals surface area contributed by atoms with Crippen molar-refractivity contribution in [3.63, 3.8) is 0 Å². The quantitative estimate of drug-likeness (QED) is 0.748. The maximum absolute atomic E-state index is 12.4. The fraction of sp³-hybridized carbons (Fsp3) is 0.417. The number of hydrogen-bond donors (Lipinski definition) is 1. The molecule has 1 saturated heterocycles.